The zero-order chi connectivity index (χ0) is 37.9. The molecule has 0 amide bonds. The SMILES string of the molecule is Cc1cccc(C)c1B1c2ccccc2B(c2c(C)cccc2C)c2c(-c3ccccn3)[c-]c(Oc3[c-]c4c(cc3)c3ccccc3n4-c3[c-]cccc3)cc21.[Pt]. The Morgan fingerprint density at radius 2 is 1.19 bits per heavy atom. The number of rotatable bonds is 6. The number of nitrogens with zero attached hydrogens (tertiary/aromatic N) is 2. The number of ether oxygens (including phenoxy) is 1. The molecule has 0 spiro atoms. The minimum atomic E-state index is -0.0370. The second-order valence-electron chi connectivity index (χ2n) is 15.0. The van der Waals surface area contributed by atoms with Crippen molar-refractivity contribution in [2.45, 2.75) is 27.7 Å². The number of para-hydroxylation sites is 2. The molecular weight excluding hydrogens is 873 g/mol. The maximum Gasteiger partial charge on any atom is 0.222 e. The number of pyridine rings is 1. The standard InChI is InChI=1S/C51H37B2N2O.Pt/c1-33-16-14-17-34(2)49(33)52-43-23-9-10-24-44(43)53(50-35(3)18-15-19-36(50)4)51-42(46-25-12-13-29-54-46)30-39(31-45(51)52)56-38-27-28-41-40-22-8-11-26-47(40)55(48(41)32-38)37-20-6-5-7-21-37;/h5-20,22-29,31H,1-4H3;/q-3;. The van der Waals surface area contributed by atoms with Crippen LogP contribution in [0.3, 0.4) is 0 Å². The van der Waals surface area contributed by atoms with E-state index in [1.165, 1.54) is 55.0 Å². The van der Waals surface area contributed by atoms with Crippen LogP contribution in [0.15, 0.2) is 152 Å². The number of hydrogen-bond donors (Lipinski definition) is 0. The van der Waals surface area contributed by atoms with Crippen molar-refractivity contribution in [2.24, 2.45) is 0 Å². The van der Waals surface area contributed by atoms with Crippen molar-refractivity contribution in [2.75, 3.05) is 0 Å². The van der Waals surface area contributed by atoms with Crippen molar-refractivity contribution in [3.05, 3.63) is 192 Å². The molecule has 0 unspecified atom stereocenters. The molecule has 0 fully saturated rings. The van der Waals surface area contributed by atoms with Crippen LogP contribution in [-0.2, 0) is 21.1 Å². The number of fused-ring (bicyclic) bond motifs is 5. The van der Waals surface area contributed by atoms with Crippen molar-refractivity contribution < 1.29 is 25.8 Å². The van der Waals surface area contributed by atoms with Gasteiger partial charge in [0.1, 0.15) is 0 Å². The Bertz CT molecular complexity index is 2920. The summed E-state index contributed by atoms with van der Waals surface area (Å²) in [5.41, 5.74) is 17.6. The molecule has 0 N–H and O–H groups in total. The molecule has 1 aliphatic rings. The van der Waals surface area contributed by atoms with Crippen LogP contribution in [0, 0.1) is 45.9 Å². The summed E-state index contributed by atoms with van der Waals surface area (Å²) in [6.07, 6.45) is 1.87. The molecule has 0 atom stereocenters. The molecule has 10 rings (SSSR count). The van der Waals surface area contributed by atoms with Gasteiger partial charge in [-0.25, -0.2) is 0 Å². The van der Waals surface area contributed by atoms with Gasteiger partial charge in [0.15, 0.2) is 6.71 Å². The topological polar surface area (TPSA) is 27.1 Å². The Labute approximate surface area is 349 Å². The molecule has 2 aromatic heterocycles. The summed E-state index contributed by atoms with van der Waals surface area (Å²) < 4.78 is 9.18. The molecule has 57 heavy (non-hydrogen) atoms. The molecular formula is C51H37B2N2OPt-3. The van der Waals surface area contributed by atoms with Gasteiger partial charge in [-0.15, -0.1) is 40.7 Å². The summed E-state index contributed by atoms with van der Waals surface area (Å²) in [7, 11) is 0. The average Bonchev–Trinajstić information content (AvgIpc) is 3.55. The quantitative estimate of drug-likeness (QED) is 0.127. The molecule has 0 saturated carbocycles. The molecule has 0 radical (unpaired) electrons. The van der Waals surface area contributed by atoms with Crippen LogP contribution in [0.5, 0.6) is 11.5 Å². The van der Waals surface area contributed by atoms with E-state index in [0.717, 1.165) is 38.8 Å². The fourth-order valence-electron chi connectivity index (χ4n) is 9.27. The molecule has 7 aromatic carbocycles. The van der Waals surface area contributed by atoms with E-state index in [1.54, 1.807) is 0 Å². The molecule has 1 aliphatic heterocycles. The Balaban J connectivity index is 0.00000422. The van der Waals surface area contributed by atoms with Crippen LogP contribution in [0.25, 0.3) is 38.8 Å². The monoisotopic (exact) mass is 910 g/mol. The van der Waals surface area contributed by atoms with Crippen LogP contribution in [0.4, 0.5) is 0 Å². The Hall–Kier alpha value is -5.89. The molecule has 3 nitrogen and oxygen atoms in total. The summed E-state index contributed by atoms with van der Waals surface area (Å²) in [6, 6.07) is 62.3. The minimum Gasteiger partial charge on any atom is -0.503 e. The van der Waals surface area contributed by atoms with Crippen LogP contribution < -0.4 is 37.5 Å². The van der Waals surface area contributed by atoms with Crippen molar-refractivity contribution in [3.8, 4) is 28.4 Å². The zero-order valence-electron chi connectivity index (χ0n) is 32.2. The Morgan fingerprint density at radius 1 is 0.544 bits per heavy atom. The van der Waals surface area contributed by atoms with E-state index in [1.807, 2.05) is 36.5 Å². The van der Waals surface area contributed by atoms with Gasteiger partial charge in [0.2, 0.25) is 6.71 Å². The number of benzene rings is 7. The van der Waals surface area contributed by atoms with Crippen LogP contribution in [0.2, 0.25) is 0 Å². The van der Waals surface area contributed by atoms with Crippen molar-refractivity contribution in [3.63, 3.8) is 0 Å². The Morgan fingerprint density at radius 3 is 1.88 bits per heavy atom. The second kappa shape index (κ2) is 14.9. The van der Waals surface area contributed by atoms with Gasteiger partial charge in [-0.1, -0.05) is 152 Å². The molecule has 6 heteroatoms. The summed E-state index contributed by atoms with van der Waals surface area (Å²) in [4.78, 5) is 4.98. The summed E-state index contributed by atoms with van der Waals surface area (Å²) in [6.45, 7) is 8.88. The third-order valence-electron chi connectivity index (χ3n) is 11.6. The van der Waals surface area contributed by atoms with E-state index in [9.17, 15) is 0 Å². The van der Waals surface area contributed by atoms with Crippen LogP contribution in [-0.4, -0.2) is 23.0 Å². The fraction of sp³-hybridized carbons (Fsp3) is 0.0784. The van der Waals surface area contributed by atoms with Gasteiger partial charge in [0, 0.05) is 44.3 Å². The van der Waals surface area contributed by atoms with E-state index < -0.39 is 0 Å². The fourth-order valence-corrected chi connectivity index (χ4v) is 9.27. The first kappa shape index (κ1) is 36.7. The van der Waals surface area contributed by atoms with E-state index in [0.29, 0.717) is 11.5 Å². The predicted octanol–water partition coefficient (Wildman–Crippen LogP) is 7.62. The summed E-state index contributed by atoms with van der Waals surface area (Å²) in [5, 5.41) is 2.27. The number of aryl methyl sites for hydroxylation is 4. The third kappa shape index (κ3) is 6.17. The first-order valence-corrected chi connectivity index (χ1v) is 19.3. The second-order valence-corrected chi connectivity index (χ2v) is 15.0. The van der Waals surface area contributed by atoms with Gasteiger partial charge in [-0.2, -0.15) is 35.8 Å². The van der Waals surface area contributed by atoms with Crippen LogP contribution in [0.1, 0.15) is 22.3 Å². The van der Waals surface area contributed by atoms with Crippen LogP contribution >= 0.6 is 0 Å². The van der Waals surface area contributed by atoms with E-state index >= 15 is 0 Å². The molecule has 276 valence electrons. The van der Waals surface area contributed by atoms with Gasteiger partial charge >= 0.3 is 0 Å². The third-order valence-corrected chi connectivity index (χ3v) is 11.6. The van der Waals surface area contributed by atoms with E-state index in [-0.39, 0.29) is 34.5 Å². The zero-order valence-corrected chi connectivity index (χ0v) is 34.5. The van der Waals surface area contributed by atoms with Gasteiger partial charge in [0.25, 0.3) is 0 Å². The van der Waals surface area contributed by atoms with Gasteiger partial charge < -0.3 is 14.3 Å². The van der Waals surface area contributed by atoms with E-state index in [2.05, 4.69) is 166 Å². The molecule has 9 aromatic rings. The van der Waals surface area contributed by atoms with E-state index in [4.69, 9.17) is 9.72 Å². The molecule has 0 bridgehead atoms. The maximum absolute atomic E-state index is 6.96. The summed E-state index contributed by atoms with van der Waals surface area (Å²) in [5.74, 6) is 1.25. The van der Waals surface area contributed by atoms with Gasteiger partial charge in [-0.3, -0.25) is 0 Å². The first-order chi connectivity index (χ1) is 27.5. The molecule has 3 heterocycles. The first-order valence-electron chi connectivity index (χ1n) is 19.3. The van der Waals surface area contributed by atoms with Crippen molar-refractivity contribution in [1.82, 2.24) is 9.55 Å². The van der Waals surface area contributed by atoms with Gasteiger partial charge in [-0.05, 0) is 50.9 Å². The Kier molecular flexibility index (Phi) is 9.59. The normalized spacial score (nSPS) is 12.0. The molecule has 0 saturated heterocycles. The predicted molar refractivity (Wildman–Crippen MR) is 235 cm³/mol. The number of aromatic nitrogens is 2. The average molecular weight is 911 g/mol. The van der Waals surface area contributed by atoms with Gasteiger partial charge in [0.05, 0.1) is 0 Å². The largest absolute Gasteiger partial charge is 0.503 e. The minimum absolute atomic E-state index is 0. The number of hydrogen-bond acceptors (Lipinski definition) is 2. The smallest absolute Gasteiger partial charge is 0.222 e. The molecule has 0 aliphatic carbocycles. The maximum atomic E-state index is 6.96. The van der Waals surface area contributed by atoms with Crippen molar-refractivity contribution in [1.29, 1.82) is 0 Å². The van der Waals surface area contributed by atoms with Crippen molar-refractivity contribution >= 4 is 68.0 Å². The summed E-state index contributed by atoms with van der Waals surface area (Å²) >= 11 is 0.